The number of hydrogen-bond donors (Lipinski definition) is 6. The van der Waals surface area contributed by atoms with Gasteiger partial charge in [0.05, 0.1) is 19.1 Å². The highest BCUT2D eigenvalue weighted by molar-refractivity contribution is 5.97. The third kappa shape index (κ3) is 10.8. The predicted molar refractivity (Wildman–Crippen MR) is 146 cm³/mol. The molecule has 3 unspecified atom stereocenters. The Labute approximate surface area is 240 Å². The molecule has 14 heteroatoms. The lowest BCUT2D eigenvalue weighted by molar-refractivity contribution is -0.212. The zero-order valence-electron chi connectivity index (χ0n) is 23.0. The van der Waals surface area contributed by atoms with Gasteiger partial charge in [-0.2, -0.15) is 13.2 Å². The van der Waals surface area contributed by atoms with Gasteiger partial charge in [-0.05, 0) is 35.6 Å². The van der Waals surface area contributed by atoms with Crippen LogP contribution in [0.1, 0.15) is 37.0 Å². The van der Waals surface area contributed by atoms with E-state index in [9.17, 15) is 42.3 Å². The van der Waals surface area contributed by atoms with Gasteiger partial charge in [0.1, 0.15) is 6.04 Å². The maximum atomic E-state index is 12.9. The Morgan fingerprint density at radius 2 is 1.38 bits per heavy atom. The minimum absolute atomic E-state index is 0.316. The third-order valence-electron chi connectivity index (χ3n) is 6.12. The van der Waals surface area contributed by atoms with E-state index in [1.54, 1.807) is 38.1 Å². The molecule has 228 valence electrons. The highest BCUT2D eigenvalue weighted by Crippen LogP contribution is 2.24. The van der Waals surface area contributed by atoms with Crippen LogP contribution in [0.5, 0.6) is 0 Å². The van der Waals surface area contributed by atoms with Crippen molar-refractivity contribution in [1.29, 1.82) is 0 Å². The second-order valence-corrected chi connectivity index (χ2v) is 9.80. The number of carbonyl (C=O) groups is 5. The summed E-state index contributed by atoms with van der Waals surface area (Å²) in [5.41, 5.74) is 7.14. The molecule has 11 nitrogen and oxygen atoms in total. The molecule has 2 aromatic rings. The average molecular weight is 594 g/mol. The number of halogens is 3. The predicted octanol–water partition coefficient (Wildman–Crippen LogP) is 1.01. The number of alkyl halides is 3. The fraction of sp³-hybridized carbons (Fsp3) is 0.393. The first-order valence-corrected chi connectivity index (χ1v) is 13.0. The van der Waals surface area contributed by atoms with Crippen molar-refractivity contribution in [1.82, 2.24) is 21.3 Å². The van der Waals surface area contributed by atoms with Crippen LogP contribution in [-0.2, 0) is 19.2 Å². The van der Waals surface area contributed by atoms with Gasteiger partial charge in [0.2, 0.25) is 23.6 Å². The Kier molecular flexibility index (Phi) is 12.5. The number of carbonyl (C=O) groups excluding carboxylic acids is 5. The zero-order valence-corrected chi connectivity index (χ0v) is 23.0. The molecule has 5 amide bonds. The van der Waals surface area contributed by atoms with Gasteiger partial charge < -0.3 is 32.1 Å². The highest BCUT2D eigenvalue weighted by Gasteiger charge is 2.44. The van der Waals surface area contributed by atoms with E-state index < -0.39 is 85.7 Å². The lowest BCUT2D eigenvalue weighted by Gasteiger charge is -2.26. The summed E-state index contributed by atoms with van der Waals surface area (Å²) in [6, 6.07) is 13.3. The zero-order chi connectivity index (χ0) is 31.4. The summed E-state index contributed by atoms with van der Waals surface area (Å²) >= 11 is 0. The average Bonchev–Trinajstić information content (AvgIpc) is 2.94. The minimum Gasteiger partial charge on any atom is -0.382 e. The van der Waals surface area contributed by atoms with Gasteiger partial charge in [0.25, 0.3) is 5.91 Å². The number of aliphatic hydroxyl groups is 1. The van der Waals surface area contributed by atoms with Crippen LogP contribution in [0.4, 0.5) is 13.2 Å². The molecule has 0 spiro atoms. The highest BCUT2D eigenvalue weighted by atomic mass is 19.4. The number of nitrogens with one attached hydrogen (secondary N) is 4. The van der Waals surface area contributed by atoms with Crippen LogP contribution in [0.15, 0.2) is 54.6 Å². The van der Waals surface area contributed by atoms with E-state index in [-0.39, 0.29) is 0 Å². The van der Waals surface area contributed by atoms with E-state index in [1.807, 2.05) is 35.6 Å². The summed E-state index contributed by atoms with van der Waals surface area (Å²) in [6.45, 7) is 1.99. The third-order valence-corrected chi connectivity index (χ3v) is 6.12. The first kappa shape index (κ1) is 33.7. The number of aliphatic hydroxyl groups excluding tert-OH is 1. The number of amides is 5. The number of rotatable bonds is 14. The number of benzene rings is 2. The summed E-state index contributed by atoms with van der Waals surface area (Å²) in [6.07, 6.45) is -9.14. The molecule has 0 fully saturated rings. The van der Waals surface area contributed by atoms with E-state index in [2.05, 4.69) is 16.0 Å². The molecule has 0 radical (unpaired) electrons. The standard InChI is InChI=1S/C28H34F3N5O6/c1-16(2)24(27(42)34-14-22(38)35-20(12-13-21(32)37)25(40)28(29,30)31)36-23(39)15-33-26(41)19-10-8-18(9-11-19)17-6-4-3-5-7-17/h3-11,16,20,24-25,40H,12-15H2,1-2H3,(H2,32,37)(H,33,41)(H,34,42)(H,35,38)(H,36,39). The van der Waals surface area contributed by atoms with E-state index in [0.717, 1.165) is 11.1 Å². The first-order valence-electron chi connectivity index (χ1n) is 13.0. The van der Waals surface area contributed by atoms with Crippen LogP contribution in [0, 0.1) is 5.92 Å². The van der Waals surface area contributed by atoms with Crippen LogP contribution in [0.25, 0.3) is 11.1 Å². The van der Waals surface area contributed by atoms with Gasteiger partial charge in [-0.25, -0.2) is 0 Å². The van der Waals surface area contributed by atoms with Crippen molar-refractivity contribution in [3.8, 4) is 11.1 Å². The maximum absolute atomic E-state index is 12.9. The molecule has 0 saturated heterocycles. The molecule has 3 atom stereocenters. The fourth-order valence-corrected chi connectivity index (χ4v) is 3.84. The molecule has 7 N–H and O–H groups in total. The van der Waals surface area contributed by atoms with Crippen molar-refractivity contribution < 1.29 is 42.3 Å². The normalized spacial score (nSPS) is 13.4. The summed E-state index contributed by atoms with van der Waals surface area (Å²) < 4.78 is 38.8. The smallest absolute Gasteiger partial charge is 0.382 e. The van der Waals surface area contributed by atoms with Crippen LogP contribution >= 0.6 is 0 Å². The van der Waals surface area contributed by atoms with Crippen molar-refractivity contribution in [2.75, 3.05) is 13.1 Å². The van der Waals surface area contributed by atoms with Gasteiger partial charge in [-0.3, -0.25) is 24.0 Å². The summed E-state index contributed by atoms with van der Waals surface area (Å²) in [7, 11) is 0. The summed E-state index contributed by atoms with van der Waals surface area (Å²) in [4.78, 5) is 60.7. The molecule has 0 aliphatic carbocycles. The van der Waals surface area contributed by atoms with E-state index >= 15 is 0 Å². The Morgan fingerprint density at radius 1 is 0.833 bits per heavy atom. The van der Waals surface area contributed by atoms with E-state index in [4.69, 9.17) is 5.73 Å². The molecule has 0 aromatic heterocycles. The Balaban J connectivity index is 1.88. The monoisotopic (exact) mass is 593 g/mol. The molecule has 0 aliphatic heterocycles. The lowest BCUT2D eigenvalue weighted by atomic mass is 10.0. The second kappa shape index (κ2) is 15.5. The molecular weight excluding hydrogens is 559 g/mol. The number of primary amides is 1. The van der Waals surface area contributed by atoms with E-state index in [0.29, 0.717) is 5.56 Å². The van der Waals surface area contributed by atoms with Crippen LogP contribution in [0.3, 0.4) is 0 Å². The van der Waals surface area contributed by atoms with Gasteiger partial charge in [0.15, 0.2) is 6.10 Å². The van der Waals surface area contributed by atoms with Crippen molar-refractivity contribution in [3.63, 3.8) is 0 Å². The van der Waals surface area contributed by atoms with Crippen LogP contribution < -0.4 is 27.0 Å². The fourth-order valence-electron chi connectivity index (χ4n) is 3.84. The Morgan fingerprint density at radius 3 is 1.93 bits per heavy atom. The molecule has 0 aliphatic rings. The first-order chi connectivity index (χ1) is 19.7. The SMILES string of the molecule is CC(C)C(NC(=O)CNC(=O)c1ccc(-c2ccccc2)cc1)C(=O)NCC(=O)NC(CCC(N)=O)C(O)C(F)(F)F. The van der Waals surface area contributed by atoms with Crippen LogP contribution in [0.2, 0.25) is 0 Å². The van der Waals surface area contributed by atoms with E-state index in [1.165, 1.54) is 0 Å². The van der Waals surface area contributed by atoms with Gasteiger partial charge in [0, 0.05) is 12.0 Å². The molecule has 42 heavy (non-hydrogen) atoms. The van der Waals surface area contributed by atoms with Crippen molar-refractivity contribution >= 4 is 29.5 Å². The largest absolute Gasteiger partial charge is 0.416 e. The van der Waals surface area contributed by atoms with Crippen molar-refractivity contribution in [2.45, 2.75) is 51.1 Å². The van der Waals surface area contributed by atoms with Gasteiger partial charge in [-0.15, -0.1) is 0 Å². The quantitative estimate of drug-likeness (QED) is 0.190. The topological polar surface area (TPSA) is 180 Å². The summed E-state index contributed by atoms with van der Waals surface area (Å²) in [5, 5.41) is 18.6. The molecule has 0 saturated carbocycles. The molecule has 2 aromatic carbocycles. The second-order valence-electron chi connectivity index (χ2n) is 9.80. The van der Waals surface area contributed by atoms with Gasteiger partial charge >= 0.3 is 6.18 Å². The van der Waals surface area contributed by atoms with Gasteiger partial charge in [-0.1, -0.05) is 56.3 Å². The molecular formula is C28H34F3N5O6. The van der Waals surface area contributed by atoms with Crippen molar-refractivity contribution in [2.24, 2.45) is 11.7 Å². The minimum atomic E-state index is -5.08. The molecule has 0 bridgehead atoms. The molecule has 2 rings (SSSR count). The van der Waals surface area contributed by atoms with Crippen molar-refractivity contribution in [3.05, 3.63) is 60.2 Å². The molecule has 0 heterocycles. The number of hydrogen-bond acceptors (Lipinski definition) is 6. The number of nitrogens with two attached hydrogens (primary N) is 1. The Hall–Kier alpha value is -4.46. The maximum Gasteiger partial charge on any atom is 0.416 e. The van der Waals surface area contributed by atoms with Crippen LogP contribution in [-0.4, -0.2) is 72.1 Å². The lowest BCUT2D eigenvalue weighted by Crippen LogP contribution is -2.55. The summed E-state index contributed by atoms with van der Waals surface area (Å²) in [5.74, 6) is -4.47. The Bertz CT molecular complexity index is 1240.